The van der Waals surface area contributed by atoms with Gasteiger partial charge in [-0.1, -0.05) is 38.5 Å². The zero-order valence-electron chi connectivity index (χ0n) is 13.3. The van der Waals surface area contributed by atoms with Gasteiger partial charge < -0.3 is 14.2 Å². The SMILES string of the molecule is C[C@H]1[C@H](C)CCC[C@@H]1NC(=O)CSc1nnc(-c2ccco2)o1. The molecular weight excluding hydrogens is 314 g/mol. The van der Waals surface area contributed by atoms with E-state index in [1.165, 1.54) is 24.6 Å². The van der Waals surface area contributed by atoms with Crippen LogP contribution in [0.1, 0.15) is 33.1 Å². The molecule has 1 amide bonds. The van der Waals surface area contributed by atoms with Crippen LogP contribution in [0.15, 0.2) is 32.5 Å². The predicted molar refractivity (Wildman–Crippen MR) is 86.8 cm³/mol. The topological polar surface area (TPSA) is 81.2 Å². The van der Waals surface area contributed by atoms with Gasteiger partial charge in [0.1, 0.15) is 0 Å². The maximum Gasteiger partial charge on any atom is 0.284 e. The number of nitrogens with zero attached hydrogens (tertiary/aromatic N) is 2. The lowest BCUT2D eigenvalue weighted by Gasteiger charge is -2.34. The summed E-state index contributed by atoms with van der Waals surface area (Å²) in [6, 6.07) is 3.78. The van der Waals surface area contributed by atoms with Crippen LogP contribution in [0.4, 0.5) is 0 Å². The lowest BCUT2D eigenvalue weighted by Crippen LogP contribution is -2.44. The summed E-state index contributed by atoms with van der Waals surface area (Å²) in [4.78, 5) is 12.1. The van der Waals surface area contributed by atoms with Gasteiger partial charge in [-0.15, -0.1) is 10.2 Å². The number of nitrogens with one attached hydrogen (secondary N) is 1. The standard InChI is InChI=1S/C16H21N3O3S/c1-10-5-3-6-12(11(10)2)17-14(20)9-23-16-19-18-15(22-16)13-7-4-8-21-13/h4,7-8,10-12H,3,5-6,9H2,1-2H3,(H,17,20)/t10-,11+,12+/m1/s1. The third-order valence-corrected chi connectivity index (χ3v) is 5.34. The number of hydrogen-bond acceptors (Lipinski definition) is 6. The van der Waals surface area contributed by atoms with Gasteiger partial charge in [-0.2, -0.15) is 0 Å². The van der Waals surface area contributed by atoms with Crippen molar-refractivity contribution in [2.75, 3.05) is 5.75 Å². The molecule has 23 heavy (non-hydrogen) atoms. The van der Waals surface area contributed by atoms with Crippen molar-refractivity contribution in [3.05, 3.63) is 18.4 Å². The van der Waals surface area contributed by atoms with Crippen molar-refractivity contribution in [2.45, 2.75) is 44.4 Å². The van der Waals surface area contributed by atoms with Crippen LogP contribution < -0.4 is 5.32 Å². The van der Waals surface area contributed by atoms with Crippen LogP contribution in [0.3, 0.4) is 0 Å². The second kappa shape index (κ2) is 7.21. The summed E-state index contributed by atoms with van der Waals surface area (Å²) in [5, 5.41) is 11.3. The summed E-state index contributed by atoms with van der Waals surface area (Å²) in [6.07, 6.45) is 5.04. The largest absolute Gasteiger partial charge is 0.459 e. The molecule has 1 aliphatic rings. The molecule has 0 spiro atoms. The summed E-state index contributed by atoms with van der Waals surface area (Å²) in [7, 11) is 0. The number of furan rings is 1. The molecule has 7 heteroatoms. The number of carbonyl (C=O) groups is 1. The van der Waals surface area contributed by atoms with Gasteiger partial charge in [0.15, 0.2) is 5.76 Å². The molecule has 0 saturated heterocycles. The molecule has 2 aromatic rings. The molecule has 124 valence electrons. The highest BCUT2D eigenvalue weighted by atomic mass is 32.2. The van der Waals surface area contributed by atoms with Gasteiger partial charge in [0, 0.05) is 6.04 Å². The average Bonchev–Trinajstić information content (AvgIpc) is 3.20. The molecule has 0 bridgehead atoms. The molecule has 3 rings (SSSR count). The Morgan fingerprint density at radius 2 is 2.26 bits per heavy atom. The monoisotopic (exact) mass is 335 g/mol. The van der Waals surface area contributed by atoms with Crippen molar-refractivity contribution in [3.8, 4) is 11.7 Å². The summed E-state index contributed by atoms with van der Waals surface area (Å²) >= 11 is 1.24. The van der Waals surface area contributed by atoms with E-state index in [2.05, 4.69) is 29.4 Å². The highest BCUT2D eigenvalue weighted by molar-refractivity contribution is 7.99. The molecule has 1 N–H and O–H groups in total. The van der Waals surface area contributed by atoms with Crippen molar-refractivity contribution in [1.29, 1.82) is 0 Å². The molecule has 0 radical (unpaired) electrons. The van der Waals surface area contributed by atoms with Gasteiger partial charge in [0.05, 0.1) is 12.0 Å². The minimum absolute atomic E-state index is 0.0127. The van der Waals surface area contributed by atoms with Gasteiger partial charge in [0.2, 0.25) is 5.91 Å². The molecule has 1 fully saturated rings. The molecule has 2 heterocycles. The zero-order valence-corrected chi connectivity index (χ0v) is 14.1. The van der Waals surface area contributed by atoms with Crippen LogP contribution in [0.2, 0.25) is 0 Å². The number of amides is 1. The third-order valence-electron chi connectivity index (χ3n) is 4.52. The van der Waals surface area contributed by atoms with E-state index in [1.807, 2.05) is 0 Å². The Labute approximate surface area is 139 Å². The quantitative estimate of drug-likeness (QED) is 0.844. The fourth-order valence-corrected chi connectivity index (χ4v) is 3.50. The van der Waals surface area contributed by atoms with Crippen LogP contribution >= 0.6 is 11.8 Å². The normalized spacial score (nSPS) is 24.5. The molecule has 0 unspecified atom stereocenters. The molecule has 2 aromatic heterocycles. The van der Waals surface area contributed by atoms with Crippen LogP contribution in [0.25, 0.3) is 11.7 Å². The van der Waals surface area contributed by atoms with E-state index in [0.717, 1.165) is 6.42 Å². The minimum Gasteiger partial charge on any atom is -0.459 e. The average molecular weight is 335 g/mol. The summed E-state index contributed by atoms with van der Waals surface area (Å²) in [6.45, 7) is 4.47. The lowest BCUT2D eigenvalue weighted by molar-refractivity contribution is -0.120. The first-order valence-corrected chi connectivity index (χ1v) is 8.91. The Balaban J connectivity index is 1.49. The number of rotatable bonds is 5. The number of carbonyl (C=O) groups excluding carboxylic acids is 1. The Kier molecular flexibility index (Phi) is 5.05. The minimum atomic E-state index is 0.0127. The third kappa shape index (κ3) is 3.96. The second-order valence-corrected chi connectivity index (χ2v) is 7.01. The fraction of sp³-hybridized carbons (Fsp3) is 0.562. The van der Waals surface area contributed by atoms with E-state index < -0.39 is 0 Å². The van der Waals surface area contributed by atoms with Crippen molar-refractivity contribution < 1.29 is 13.6 Å². The molecule has 1 aliphatic carbocycles. The summed E-state index contributed by atoms with van der Waals surface area (Å²) in [5.41, 5.74) is 0. The molecule has 1 saturated carbocycles. The maximum absolute atomic E-state index is 12.1. The van der Waals surface area contributed by atoms with E-state index in [1.54, 1.807) is 18.4 Å². The first-order valence-electron chi connectivity index (χ1n) is 7.93. The highest BCUT2D eigenvalue weighted by Gasteiger charge is 2.28. The van der Waals surface area contributed by atoms with Crippen LogP contribution in [-0.2, 0) is 4.79 Å². The van der Waals surface area contributed by atoms with Crippen LogP contribution in [-0.4, -0.2) is 27.9 Å². The highest BCUT2D eigenvalue weighted by Crippen LogP contribution is 2.29. The van der Waals surface area contributed by atoms with E-state index in [-0.39, 0.29) is 17.7 Å². The second-order valence-electron chi connectivity index (χ2n) is 6.08. The van der Waals surface area contributed by atoms with Crippen molar-refractivity contribution in [1.82, 2.24) is 15.5 Å². The van der Waals surface area contributed by atoms with Crippen molar-refractivity contribution in [2.24, 2.45) is 11.8 Å². The van der Waals surface area contributed by atoms with E-state index in [0.29, 0.717) is 28.7 Å². The molecule has 0 aromatic carbocycles. The smallest absolute Gasteiger partial charge is 0.284 e. The Hall–Kier alpha value is -1.76. The van der Waals surface area contributed by atoms with Gasteiger partial charge >= 0.3 is 0 Å². The van der Waals surface area contributed by atoms with Crippen LogP contribution in [0.5, 0.6) is 0 Å². The first-order chi connectivity index (χ1) is 11.1. The number of aromatic nitrogens is 2. The summed E-state index contributed by atoms with van der Waals surface area (Å²) in [5.74, 6) is 2.32. The predicted octanol–water partition coefficient (Wildman–Crippen LogP) is 3.36. The zero-order chi connectivity index (χ0) is 16.2. The number of thioether (sulfide) groups is 1. The molecule has 6 nitrogen and oxygen atoms in total. The van der Waals surface area contributed by atoms with Gasteiger partial charge in [-0.05, 0) is 30.4 Å². The van der Waals surface area contributed by atoms with Gasteiger partial charge in [-0.3, -0.25) is 4.79 Å². The Morgan fingerprint density at radius 3 is 3.04 bits per heavy atom. The lowest BCUT2D eigenvalue weighted by atomic mass is 9.78. The first kappa shape index (κ1) is 16.1. The van der Waals surface area contributed by atoms with Gasteiger partial charge in [-0.25, -0.2) is 0 Å². The van der Waals surface area contributed by atoms with E-state index in [4.69, 9.17) is 8.83 Å². The fourth-order valence-electron chi connectivity index (χ4n) is 2.93. The van der Waals surface area contributed by atoms with E-state index in [9.17, 15) is 4.79 Å². The van der Waals surface area contributed by atoms with Crippen molar-refractivity contribution >= 4 is 17.7 Å². The maximum atomic E-state index is 12.1. The van der Waals surface area contributed by atoms with Gasteiger partial charge in [0.25, 0.3) is 11.1 Å². The molecule has 0 aliphatic heterocycles. The Bertz CT molecular complexity index is 641. The number of hydrogen-bond donors (Lipinski definition) is 1. The van der Waals surface area contributed by atoms with Crippen molar-refractivity contribution in [3.63, 3.8) is 0 Å². The molecular formula is C16H21N3O3S. The Morgan fingerprint density at radius 1 is 1.39 bits per heavy atom. The molecule has 3 atom stereocenters. The summed E-state index contributed by atoms with van der Waals surface area (Å²) < 4.78 is 10.7. The van der Waals surface area contributed by atoms with E-state index >= 15 is 0 Å². The van der Waals surface area contributed by atoms with Crippen LogP contribution in [0, 0.1) is 11.8 Å².